The molecule has 1 heterocycles. The Morgan fingerprint density at radius 3 is 2.94 bits per heavy atom. The van der Waals surface area contributed by atoms with Crippen LogP contribution < -0.4 is 5.32 Å². The molecule has 0 radical (unpaired) electrons. The van der Waals surface area contributed by atoms with Gasteiger partial charge in [-0.1, -0.05) is 12.1 Å². The maximum absolute atomic E-state index is 6.64. The van der Waals surface area contributed by atoms with Crippen molar-refractivity contribution >= 4 is 23.4 Å². The average Bonchev–Trinajstić information content (AvgIpc) is 2.74. The van der Waals surface area contributed by atoms with Gasteiger partial charge in [-0.25, -0.2) is 0 Å². The molecule has 0 fully saturated rings. The Hall–Kier alpha value is -0.180. The van der Waals surface area contributed by atoms with Gasteiger partial charge in [0.1, 0.15) is 0 Å². The minimum absolute atomic E-state index is 0.251. The van der Waals surface area contributed by atoms with E-state index >= 15 is 0 Å². The summed E-state index contributed by atoms with van der Waals surface area (Å²) >= 11 is 8.59. The predicted molar refractivity (Wildman–Crippen MR) is 72.6 cm³/mol. The van der Waals surface area contributed by atoms with Crippen LogP contribution in [0.15, 0.2) is 23.1 Å². The van der Waals surface area contributed by atoms with Crippen molar-refractivity contribution in [2.75, 3.05) is 12.8 Å². The normalized spacial score (nSPS) is 20.2. The summed E-state index contributed by atoms with van der Waals surface area (Å²) < 4.78 is 0. The fourth-order valence-electron chi connectivity index (χ4n) is 2.01. The Kier molecular flexibility index (Phi) is 3.53. The minimum Gasteiger partial charge on any atom is -0.315 e. The highest BCUT2D eigenvalue weighted by molar-refractivity contribution is 7.99. The molecule has 1 nitrogen and oxygen atoms in total. The number of thioether (sulfide) groups is 1. The lowest BCUT2D eigenvalue weighted by molar-refractivity contribution is 0.474. The first-order chi connectivity index (χ1) is 7.55. The first-order valence-corrected chi connectivity index (χ1v) is 7.04. The third kappa shape index (κ3) is 2.11. The van der Waals surface area contributed by atoms with Crippen LogP contribution in [0.3, 0.4) is 0 Å². The number of likely N-dealkylation sites (N-methyl/N-ethyl adjacent to an activating group) is 1. The van der Waals surface area contributed by atoms with Crippen molar-refractivity contribution in [3.63, 3.8) is 0 Å². The van der Waals surface area contributed by atoms with E-state index in [1.165, 1.54) is 28.2 Å². The molecule has 2 atom stereocenters. The van der Waals surface area contributed by atoms with E-state index in [1.54, 1.807) is 0 Å². The number of fused-ring (bicyclic) bond motifs is 1. The van der Waals surface area contributed by atoms with Gasteiger partial charge in [0.2, 0.25) is 0 Å². The molecule has 0 saturated carbocycles. The number of halogens is 1. The minimum atomic E-state index is -0.336. The first-order valence-electron chi connectivity index (χ1n) is 5.68. The Bertz CT molecular complexity index is 390. The number of alkyl halides is 1. The monoisotopic (exact) mass is 255 g/mol. The van der Waals surface area contributed by atoms with E-state index in [9.17, 15) is 0 Å². The Morgan fingerprint density at radius 2 is 2.25 bits per heavy atom. The largest absolute Gasteiger partial charge is 0.315 e. The van der Waals surface area contributed by atoms with Crippen molar-refractivity contribution in [2.45, 2.75) is 36.1 Å². The zero-order valence-electron chi connectivity index (χ0n) is 10.0. The van der Waals surface area contributed by atoms with Gasteiger partial charge in [-0.2, -0.15) is 0 Å². The molecule has 2 unspecified atom stereocenters. The van der Waals surface area contributed by atoms with Crippen molar-refractivity contribution in [3.8, 4) is 0 Å². The van der Waals surface area contributed by atoms with Crippen molar-refractivity contribution in [3.05, 3.63) is 29.3 Å². The van der Waals surface area contributed by atoms with Gasteiger partial charge in [-0.05, 0) is 44.5 Å². The number of hydrogen-bond acceptors (Lipinski definition) is 2. The van der Waals surface area contributed by atoms with Crippen LogP contribution in [0.1, 0.15) is 25.0 Å². The van der Waals surface area contributed by atoms with Crippen LogP contribution in [0.5, 0.6) is 0 Å². The third-order valence-corrected chi connectivity index (χ3v) is 5.16. The average molecular weight is 256 g/mol. The summed E-state index contributed by atoms with van der Waals surface area (Å²) in [6.45, 7) is 4.20. The van der Waals surface area contributed by atoms with Gasteiger partial charge in [0, 0.05) is 16.7 Å². The van der Waals surface area contributed by atoms with Crippen LogP contribution in [0.25, 0.3) is 0 Å². The molecule has 0 saturated heterocycles. The van der Waals surface area contributed by atoms with E-state index in [2.05, 4.69) is 37.4 Å². The summed E-state index contributed by atoms with van der Waals surface area (Å²) in [6, 6.07) is 6.90. The van der Waals surface area contributed by atoms with E-state index in [1.807, 2.05) is 18.8 Å². The van der Waals surface area contributed by atoms with Crippen LogP contribution in [0, 0.1) is 0 Å². The van der Waals surface area contributed by atoms with Gasteiger partial charge in [0.25, 0.3) is 0 Å². The van der Waals surface area contributed by atoms with Gasteiger partial charge in [-0.15, -0.1) is 23.4 Å². The van der Waals surface area contributed by atoms with E-state index < -0.39 is 0 Å². The molecule has 1 aliphatic heterocycles. The summed E-state index contributed by atoms with van der Waals surface area (Å²) in [5.74, 6) is 1.21. The van der Waals surface area contributed by atoms with E-state index in [-0.39, 0.29) is 10.9 Å². The SMILES string of the molecule is CNC(C)C(C)(Cl)c1ccc2c(c1)CCS2. The number of benzene rings is 1. The number of hydrogen-bond donors (Lipinski definition) is 1. The van der Waals surface area contributed by atoms with Crippen LogP contribution in [-0.4, -0.2) is 18.8 Å². The van der Waals surface area contributed by atoms with Crippen molar-refractivity contribution < 1.29 is 0 Å². The fourth-order valence-corrected chi connectivity index (χ4v) is 3.29. The molecule has 1 aromatic carbocycles. The summed E-state index contributed by atoms with van der Waals surface area (Å²) in [4.78, 5) is 1.09. The quantitative estimate of drug-likeness (QED) is 0.831. The van der Waals surface area contributed by atoms with E-state index in [0.717, 1.165) is 0 Å². The molecule has 0 amide bonds. The molecule has 0 aromatic heterocycles. The number of nitrogens with one attached hydrogen (secondary N) is 1. The van der Waals surface area contributed by atoms with Crippen LogP contribution in [0.4, 0.5) is 0 Å². The highest BCUT2D eigenvalue weighted by Crippen LogP contribution is 2.37. The standard InChI is InChI=1S/C13H18ClNS/c1-9(15-3)13(2,14)11-4-5-12-10(8-11)6-7-16-12/h4-5,8-9,15H,6-7H2,1-3H3. The lowest BCUT2D eigenvalue weighted by Crippen LogP contribution is -2.38. The van der Waals surface area contributed by atoms with Crippen LogP contribution in [0.2, 0.25) is 0 Å². The summed E-state index contributed by atoms with van der Waals surface area (Å²) in [7, 11) is 1.95. The van der Waals surface area contributed by atoms with Crippen LogP contribution in [-0.2, 0) is 11.3 Å². The molecule has 88 valence electrons. The van der Waals surface area contributed by atoms with Crippen LogP contribution >= 0.6 is 23.4 Å². The van der Waals surface area contributed by atoms with Gasteiger partial charge in [-0.3, -0.25) is 0 Å². The Labute approximate surface area is 107 Å². The lowest BCUT2D eigenvalue weighted by atomic mass is 9.92. The van der Waals surface area contributed by atoms with Gasteiger partial charge in [0.05, 0.1) is 4.87 Å². The van der Waals surface area contributed by atoms with E-state index in [0.29, 0.717) is 0 Å². The van der Waals surface area contributed by atoms with Gasteiger partial charge in [0.15, 0.2) is 0 Å². The van der Waals surface area contributed by atoms with E-state index in [4.69, 9.17) is 11.6 Å². The second-order valence-corrected chi connectivity index (χ2v) is 6.43. The Balaban J connectivity index is 2.34. The second-order valence-electron chi connectivity index (χ2n) is 4.51. The summed E-state index contributed by atoms with van der Waals surface area (Å²) in [5.41, 5.74) is 2.68. The fraction of sp³-hybridized carbons (Fsp3) is 0.538. The smallest absolute Gasteiger partial charge is 0.0816 e. The maximum Gasteiger partial charge on any atom is 0.0816 e. The number of aryl methyl sites for hydroxylation is 1. The highest BCUT2D eigenvalue weighted by atomic mass is 35.5. The zero-order chi connectivity index (χ0) is 11.8. The van der Waals surface area contributed by atoms with Crippen molar-refractivity contribution in [2.24, 2.45) is 0 Å². The summed E-state index contributed by atoms with van der Waals surface area (Å²) in [5, 5.41) is 3.23. The Morgan fingerprint density at radius 1 is 1.50 bits per heavy atom. The van der Waals surface area contributed by atoms with Gasteiger partial charge >= 0.3 is 0 Å². The summed E-state index contributed by atoms with van der Waals surface area (Å²) in [6.07, 6.45) is 1.18. The van der Waals surface area contributed by atoms with Crippen molar-refractivity contribution in [1.29, 1.82) is 0 Å². The lowest BCUT2D eigenvalue weighted by Gasteiger charge is -2.30. The van der Waals surface area contributed by atoms with Crippen molar-refractivity contribution in [1.82, 2.24) is 5.32 Å². The molecule has 1 aromatic rings. The molecule has 0 spiro atoms. The topological polar surface area (TPSA) is 12.0 Å². The molecule has 2 rings (SSSR count). The molecule has 1 N–H and O–H groups in total. The van der Waals surface area contributed by atoms with Gasteiger partial charge < -0.3 is 5.32 Å². The molecule has 0 aliphatic carbocycles. The molecule has 3 heteroatoms. The molecule has 16 heavy (non-hydrogen) atoms. The molecule has 1 aliphatic rings. The second kappa shape index (κ2) is 4.59. The third-order valence-electron chi connectivity index (χ3n) is 3.50. The molecular formula is C13H18ClNS. The maximum atomic E-state index is 6.64. The predicted octanol–water partition coefficient (Wildman–Crippen LogP) is 3.40. The molecule has 0 bridgehead atoms. The molecular weight excluding hydrogens is 238 g/mol. The first kappa shape index (κ1) is 12.3. The number of rotatable bonds is 3. The zero-order valence-corrected chi connectivity index (χ0v) is 11.6. The highest BCUT2D eigenvalue weighted by Gasteiger charge is 2.30.